The predicted molar refractivity (Wildman–Crippen MR) is 80.7 cm³/mol. The molecule has 1 aromatic carbocycles. The molecule has 2 atom stereocenters. The summed E-state index contributed by atoms with van der Waals surface area (Å²) in [5, 5.41) is 3.62. The summed E-state index contributed by atoms with van der Waals surface area (Å²) in [6.45, 7) is 7.55. The molecule has 1 N–H and O–H groups in total. The van der Waals surface area contributed by atoms with Crippen molar-refractivity contribution < 1.29 is 4.74 Å². The van der Waals surface area contributed by atoms with Crippen molar-refractivity contribution in [2.75, 3.05) is 13.7 Å². The first-order chi connectivity index (χ1) is 9.05. The van der Waals surface area contributed by atoms with E-state index < -0.39 is 0 Å². The van der Waals surface area contributed by atoms with Crippen LogP contribution < -0.4 is 5.32 Å². The maximum Gasteiger partial charge on any atom is 0.0637 e. The number of benzene rings is 1. The van der Waals surface area contributed by atoms with Gasteiger partial charge in [0, 0.05) is 13.2 Å². The number of fused-ring (bicyclic) bond motifs is 1. The van der Waals surface area contributed by atoms with Gasteiger partial charge < -0.3 is 10.1 Å². The second-order valence-electron chi connectivity index (χ2n) is 6.26. The molecule has 0 amide bonds. The van der Waals surface area contributed by atoms with Gasteiger partial charge in [-0.15, -0.1) is 0 Å². The first-order valence-electron chi connectivity index (χ1n) is 7.42. The first kappa shape index (κ1) is 14.5. The zero-order valence-electron chi connectivity index (χ0n) is 12.7. The van der Waals surface area contributed by atoms with Gasteiger partial charge in [0.25, 0.3) is 0 Å². The van der Waals surface area contributed by atoms with Crippen molar-refractivity contribution in [2.45, 2.75) is 57.6 Å². The fourth-order valence-corrected chi connectivity index (χ4v) is 3.12. The van der Waals surface area contributed by atoms with E-state index in [0.717, 1.165) is 18.9 Å². The van der Waals surface area contributed by atoms with E-state index in [9.17, 15) is 0 Å². The number of hydrogen-bond donors (Lipinski definition) is 1. The quantitative estimate of drug-likeness (QED) is 0.811. The van der Waals surface area contributed by atoms with Crippen LogP contribution in [0, 0.1) is 0 Å². The smallest absolute Gasteiger partial charge is 0.0637 e. The molecule has 2 rings (SSSR count). The summed E-state index contributed by atoms with van der Waals surface area (Å²) in [6, 6.07) is 9.39. The molecule has 2 unspecified atom stereocenters. The van der Waals surface area contributed by atoms with Crippen LogP contribution in [-0.2, 0) is 11.2 Å². The van der Waals surface area contributed by atoms with Crippen molar-refractivity contribution in [3.8, 4) is 0 Å². The standard InChI is InChI=1S/C17H27NO/c1-5-18-15(12-17(2,3)19-4)11-14-10-13-8-6-7-9-16(13)14/h6-9,14-15,18H,5,10-12H2,1-4H3. The zero-order valence-corrected chi connectivity index (χ0v) is 12.7. The molecule has 1 aliphatic rings. The molecule has 0 saturated heterocycles. The Bertz CT molecular complexity index is 413. The maximum absolute atomic E-state index is 5.58. The van der Waals surface area contributed by atoms with Crippen LogP contribution in [0.2, 0.25) is 0 Å². The highest BCUT2D eigenvalue weighted by atomic mass is 16.5. The van der Waals surface area contributed by atoms with Crippen molar-refractivity contribution in [2.24, 2.45) is 0 Å². The molecule has 2 heteroatoms. The summed E-state index contributed by atoms with van der Waals surface area (Å²) >= 11 is 0. The first-order valence-corrected chi connectivity index (χ1v) is 7.42. The lowest BCUT2D eigenvalue weighted by atomic mass is 9.73. The lowest BCUT2D eigenvalue weighted by molar-refractivity contribution is 0.00577. The Hall–Kier alpha value is -0.860. The molecule has 0 bridgehead atoms. The molecule has 0 radical (unpaired) electrons. The maximum atomic E-state index is 5.58. The molecule has 106 valence electrons. The molecule has 19 heavy (non-hydrogen) atoms. The van der Waals surface area contributed by atoms with Gasteiger partial charge in [0.2, 0.25) is 0 Å². The topological polar surface area (TPSA) is 21.3 Å². The van der Waals surface area contributed by atoms with Crippen LogP contribution in [-0.4, -0.2) is 25.3 Å². The molecule has 0 heterocycles. The van der Waals surface area contributed by atoms with Gasteiger partial charge in [-0.2, -0.15) is 0 Å². The van der Waals surface area contributed by atoms with Crippen molar-refractivity contribution in [3.05, 3.63) is 35.4 Å². The Kier molecular flexibility index (Phi) is 4.64. The third-order valence-electron chi connectivity index (χ3n) is 4.31. The molecule has 1 aliphatic carbocycles. The van der Waals surface area contributed by atoms with E-state index in [4.69, 9.17) is 4.74 Å². The van der Waals surface area contributed by atoms with Gasteiger partial charge >= 0.3 is 0 Å². The number of nitrogens with one attached hydrogen (secondary N) is 1. The van der Waals surface area contributed by atoms with Gasteiger partial charge in [0.15, 0.2) is 0 Å². The minimum Gasteiger partial charge on any atom is -0.379 e. The molecule has 1 aromatic rings. The van der Waals surface area contributed by atoms with Gasteiger partial charge in [0.05, 0.1) is 5.60 Å². The molecule has 0 fully saturated rings. The lowest BCUT2D eigenvalue weighted by Gasteiger charge is -2.36. The Morgan fingerprint density at radius 2 is 2.11 bits per heavy atom. The molecular formula is C17H27NO. The van der Waals surface area contributed by atoms with E-state index in [1.807, 2.05) is 7.11 Å². The van der Waals surface area contributed by atoms with E-state index in [2.05, 4.69) is 50.4 Å². The summed E-state index contributed by atoms with van der Waals surface area (Å²) in [6.07, 6.45) is 3.53. The highest BCUT2D eigenvalue weighted by Crippen LogP contribution is 2.38. The van der Waals surface area contributed by atoms with Crippen LogP contribution in [0.3, 0.4) is 0 Å². The van der Waals surface area contributed by atoms with Crippen molar-refractivity contribution in [1.82, 2.24) is 5.32 Å². The predicted octanol–water partition coefficient (Wildman–Crippen LogP) is 3.51. The summed E-state index contributed by atoms with van der Waals surface area (Å²) in [4.78, 5) is 0. The third-order valence-corrected chi connectivity index (χ3v) is 4.31. The van der Waals surface area contributed by atoms with Crippen LogP contribution in [0.4, 0.5) is 0 Å². The molecular weight excluding hydrogens is 234 g/mol. The van der Waals surface area contributed by atoms with Crippen LogP contribution in [0.5, 0.6) is 0 Å². The zero-order chi connectivity index (χ0) is 13.9. The van der Waals surface area contributed by atoms with Crippen molar-refractivity contribution >= 4 is 0 Å². The second-order valence-corrected chi connectivity index (χ2v) is 6.26. The fourth-order valence-electron chi connectivity index (χ4n) is 3.12. The van der Waals surface area contributed by atoms with E-state index in [0.29, 0.717) is 6.04 Å². The Morgan fingerprint density at radius 3 is 2.74 bits per heavy atom. The van der Waals surface area contributed by atoms with Gasteiger partial charge in [-0.25, -0.2) is 0 Å². The van der Waals surface area contributed by atoms with Crippen LogP contribution in [0.15, 0.2) is 24.3 Å². The summed E-state index contributed by atoms with van der Waals surface area (Å²) in [7, 11) is 1.81. The van der Waals surface area contributed by atoms with Gasteiger partial charge in [-0.1, -0.05) is 31.2 Å². The number of ether oxygens (including phenoxy) is 1. The fraction of sp³-hybridized carbons (Fsp3) is 0.647. The highest BCUT2D eigenvalue weighted by Gasteiger charge is 2.30. The molecule has 2 nitrogen and oxygen atoms in total. The van der Waals surface area contributed by atoms with Gasteiger partial charge in [0.1, 0.15) is 0 Å². The minimum absolute atomic E-state index is 0.0455. The number of rotatable bonds is 7. The summed E-state index contributed by atoms with van der Waals surface area (Å²) < 4.78 is 5.58. The SMILES string of the molecule is CCNC(CC1Cc2ccccc21)CC(C)(C)OC. The number of hydrogen-bond acceptors (Lipinski definition) is 2. The largest absolute Gasteiger partial charge is 0.379 e. The Labute approximate surface area is 117 Å². The van der Waals surface area contributed by atoms with E-state index in [1.54, 1.807) is 5.56 Å². The minimum atomic E-state index is -0.0455. The molecule has 0 saturated carbocycles. The van der Waals surface area contributed by atoms with Crippen molar-refractivity contribution in [1.29, 1.82) is 0 Å². The number of methoxy groups -OCH3 is 1. The third kappa shape index (κ3) is 3.58. The lowest BCUT2D eigenvalue weighted by Crippen LogP contribution is -2.39. The summed E-state index contributed by atoms with van der Waals surface area (Å²) in [5.41, 5.74) is 3.05. The molecule has 0 spiro atoms. The van der Waals surface area contributed by atoms with Crippen LogP contribution >= 0.6 is 0 Å². The summed E-state index contributed by atoms with van der Waals surface area (Å²) in [5.74, 6) is 0.730. The van der Waals surface area contributed by atoms with Gasteiger partial charge in [-0.05, 0) is 56.7 Å². The van der Waals surface area contributed by atoms with E-state index >= 15 is 0 Å². The highest BCUT2D eigenvalue weighted by molar-refractivity contribution is 5.39. The average molecular weight is 261 g/mol. The van der Waals surface area contributed by atoms with Crippen LogP contribution in [0.25, 0.3) is 0 Å². The van der Waals surface area contributed by atoms with Crippen molar-refractivity contribution in [3.63, 3.8) is 0 Å². The second kappa shape index (κ2) is 6.06. The van der Waals surface area contributed by atoms with Gasteiger partial charge in [-0.3, -0.25) is 0 Å². The average Bonchev–Trinajstić information content (AvgIpc) is 2.36. The molecule has 0 aliphatic heterocycles. The Morgan fingerprint density at radius 1 is 1.37 bits per heavy atom. The molecule has 0 aromatic heterocycles. The monoisotopic (exact) mass is 261 g/mol. The normalized spacial score (nSPS) is 19.7. The van der Waals surface area contributed by atoms with Crippen LogP contribution in [0.1, 0.15) is 50.7 Å². The Balaban J connectivity index is 1.95. The van der Waals surface area contributed by atoms with E-state index in [1.165, 1.54) is 18.4 Å². The van der Waals surface area contributed by atoms with E-state index in [-0.39, 0.29) is 5.60 Å².